The summed E-state index contributed by atoms with van der Waals surface area (Å²) >= 11 is 0. The second-order valence-electron chi connectivity index (χ2n) is 7.20. The van der Waals surface area contributed by atoms with Crippen LogP contribution in [0.3, 0.4) is 0 Å². The number of nitrogen functional groups attached to an aromatic ring is 1. The molecule has 1 aliphatic heterocycles. The molecule has 18 nitrogen and oxygen atoms in total. The number of fused-ring (bicyclic) bond motifs is 1. The van der Waals surface area contributed by atoms with Crippen molar-refractivity contribution in [2.24, 2.45) is 5.73 Å². The number of imidazole rings is 1. The standard InChI is InChI=1S/C14H21N6O12P3/c1-3-4-14(16)10(21)9(7(2)30-34(25,26)32-35(27,28)31-33(22,23)24)29-12(14)20-6-18-8-5-17-13(15)19-11(8)20/h5-7,9-10,12,21H,16H2,1-2H3,(H,25,26)(H,27,28)(H2,15,17,19)(H2,22,23,24)/t7-,9+,10-,12+,14?/m0/s1. The Morgan fingerprint density at radius 1 is 1.20 bits per heavy atom. The lowest BCUT2D eigenvalue weighted by molar-refractivity contribution is -0.0733. The molecule has 0 aromatic carbocycles. The van der Waals surface area contributed by atoms with Gasteiger partial charge in [-0.25, -0.2) is 23.7 Å². The van der Waals surface area contributed by atoms with Crippen LogP contribution in [0.2, 0.25) is 0 Å². The Morgan fingerprint density at radius 3 is 2.46 bits per heavy atom. The number of hydrogen-bond donors (Lipinski definition) is 7. The summed E-state index contributed by atoms with van der Waals surface area (Å²) in [6.45, 7) is 2.56. The maximum atomic E-state index is 12.2. The van der Waals surface area contributed by atoms with Crippen molar-refractivity contribution in [3.63, 3.8) is 0 Å². The summed E-state index contributed by atoms with van der Waals surface area (Å²) < 4.78 is 53.8. The Labute approximate surface area is 196 Å². The molecule has 1 aliphatic rings. The number of aliphatic hydroxyl groups is 1. The fourth-order valence-electron chi connectivity index (χ4n) is 3.35. The van der Waals surface area contributed by atoms with E-state index in [1.165, 1.54) is 24.0 Å². The molecule has 0 radical (unpaired) electrons. The second kappa shape index (κ2) is 9.58. The Hall–Kier alpha value is -1.80. The number of rotatable bonds is 8. The minimum Gasteiger partial charge on any atom is -0.387 e. The van der Waals surface area contributed by atoms with Crippen molar-refractivity contribution >= 4 is 40.6 Å². The van der Waals surface area contributed by atoms with Gasteiger partial charge in [0.2, 0.25) is 5.95 Å². The van der Waals surface area contributed by atoms with Crippen LogP contribution in [0.25, 0.3) is 11.2 Å². The summed E-state index contributed by atoms with van der Waals surface area (Å²) in [6.07, 6.45) is -3.44. The fraction of sp³-hybridized carbons (Fsp3) is 0.500. The van der Waals surface area contributed by atoms with Crippen molar-refractivity contribution < 1.29 is 56.3 Å². The normalized spacial score (nSPS) is 29.2. The number of hydrogen-bond acceptors (Lipinski definition) is 13. The highest BCUT2D eigenvalue weighted by molar-refractivity contribution is 7.66. The minimum atomic E-state index is -5.75. The van der Waals surface area contributed by atoms with Crippen LogP contribution in [0.1, 0.15) is 20.1 Å². The molecule has 35 heavy (non-hydrogen) atoms. The first-order valence-electron chi connectivity index (χ1n) is 9.31. The molecule has 194 valence electrons. The predicted molar refractivity (Wildman–Crippen MR) is 114 cm³/mol. The Bertz CT molecular complexity index is 1320. The van der Waals surface area contributed by atoms with Crippen molar-refractivity contribution in [3.8, 4) is 11.8 Å². The summed E-state index contributed by atoms with van der Waals surface area (Å²) in [5.41, 5.74) is 10.6. The average molecular weight is 558 g/mol. The minimum absolute atomic E-state index is 0.0976. The largest absolute Gasteiger partial charge is 0.490 e. The van der Waals surface area contributed by atoms with Gasteiger partial charge in [-0.3, -0.25) is 9.09 Å². The van der Waals surface area contributed by atoms with Gasteiger partial charge >= 0.3 is 23.5 Å². The molecule has 0 spiro atoms. The summed E-state index contributed by atoms with van der Waals surface area (Å²) in [5, 5.41) is 10.9. The van der Waals surface area contributed by atoms with E-state index in [2.05, 4.69) is 35.4 Å². The summed E-state index contributed by atoms with van der Waals surface area (Å²) in [7, 11) is -16.8. The first-order chi connectivity index (χ1) is 16.0. The molecule has 9 N–H and O–H groups in total. The first kappa shape index (κ1) is 27.8. The van der Waals surface area contributed by atoms with Gasteiger partial charge in [0.1, 0.15) is 17.7 Å². The SMILES string of the molecule is CC#CC1(N)[C@@H](O)[C@@H]([C@H](C)OP(=O)(O)OP(=O)(O)OP(=O)(O)O)O[C@H]1n1cnc2cnc(N)nc21. The molecule has 0 saturated carbocycles. The summed E-state index contributed by atoms with van der Waals surface area (Å²) in [5.74, 6) is 5.08. The molecular weight excluding hydrogens is 537 g/mol. The van der Waals surface area contributed by atoms with Crippen LogP contribution in [0, 0.1) is 11.8 Å². The van der Waals surface area contributed by atoms with Gasteiger partial charge in [-0.05, 0) is 13.8 Å². The quantitative estimate of drug-likeness (QED) is 0.153. The van der Waals surface area contributed by atoms with Crippen LogP contribution >= 0.6 is 23.5 Å². The van der Waals surface area contributed by atoms with Crippen LogP contribution in [0.15, 0.2) is 12.5 Å². The number of nitrogens with two attached hydrogens (primary N) is 2. The molecule has 2 aromatic rings. The monoisotopic (exact) mass is 558 g/mol. The van der Waals surface area contributed by atoms with E-state index in [9.17, 15) is 28.6 Å². The van der Waals surface area contributed by atoms with Crippen molar-refractivity contribution in [3.05, 3.63) is 12.5 Å². The van der Waals surface area contributed by atoms with Crippen LogP contribution in [0.4, 0.5) is 5.95 Å². The van der Waals surface area contributed by atoms with Gasteiger partial charge in [-0.1, -0.05) is 5.92 Å². The number of aliphatic hydroxyl groups excluding tert-OH is 1. The maximum absolute atomic E-state index is 12.2. The molecule has 0 amide bonds. The Kier molecular flexibility index (Phi) is 7.60. The highest BCUT2D eigenvalue weighted by Gasteiger charge is 2.57. The molecule has 0 aliphatic carbocycles. The molecule has 0 bridgehead atoms. The van der Waals surface area contributed by atoms with E-state index in [0.717, 1.165) is 6.92 Å². The van der Waals surface area contributed by atoms with E-state index in [1.54, 1.807) is 0 Å². The van der Waals surface area contributed by atoms with Crippen molar-refractivity contribution in [2.45, 2.75) is 43.9 Å². The molecule has 3 rings (SSSR count). The van der Waals surface area contributed by atoms with Crippen LogP contribution in [-0.2, 0) is 31.6 Å². The molecule has 21 heteroatoms. The van der Waals surface area contributed by atoms with E-state index in [4.69, 9.17) is 30.5 Å². The fourth-order valence-corrected chi connectivity index (χ4v) is 6.55. The van der Waals surface area contributed by atoms with Gasteiger partial charge in [0.25, 0.3) is 0 Å². The molecule has 3 unspecified atom stereocenters. The van der Waals surface area contributed by atoms with Gasteiger partial charge in [0, 0.05) is 0 Å². The molecule has 2 aromatic heterocycles. The zero-order valence-electron chi connectivity index (χ0n) is 17.8. The third-order valence-electron chi connectivity index (χ3n) is 4.60. The third kappa shape index (κ3) is 6.13. The number of anilines is 1. The third-order valence-corrected chi connectivity index (χ3v) is 8.53. The van der Waals surface area contributed by atoms with E-state index in [-0.39, 0.29) is 11.6 Å². The van der Waals surface area contributed by atoms with Gasteiger partial charge < -0.3 is 40.9 Å². The van der Waals surface area contributed by atoms with Crippen molar-refractivity contribution in [2.75, 3.05) is 5.73 Å². The van der Waals surface area contributed by atoms with E-state index in [1.807, 2.05) is 0 Å². The van der Waals surface area contributed by atoms with Gasteiger partial charge in [0.05, 0.1) is 18.6 Å². The zero-order valence-corrected chi connectivity index (χ0v) is 20.5. The van der Waals surface area contributed by atoms with Crippen LogP contribution in [-0.4, -0.2) is 68.1 Å². The smallest absolute Gasteiger partial charge is 0.387 e. The van der Waals surface area contributed by atoms with E-state index >= 15 is 0 Å². The van der Waals surface area contributed by atoms with Crippen LogP contribution in [0.5, 0.6) is 0 Å². The number of phosphoric acid groups is 3. The zero-order chi connectivity index (χ0) is 26.4. The number of aromatic nitrogens is 4. The highest BCUT2D eigenvalue weighted by Crippen LogP contribution is 2.66. The number of nitrogens with zero attached hydrogens (tertiary/aromatic N) is 4. The Balaban J connectivity index is 1.89. The predicted octanol–water partition coefficient (Wildman–Crippen LogP) is -0.881. The molecule has 7 atom stereocenters. The van der Waals surface area contributed by atoms with E-state index in [0.29, 0.717) is 5.52 Å². The lowest BCUT2D eigenvalue weighted by atomic mass is 9.90. The van der Waals surface area contributed by atoms with Crippen molar-refractivity contribution in [1.82, 2.24) is 19.5 Å². The van der Waals surface area contributed by atoms with Crippen LogP contribution < -0.4 is 11.5 Å². The molecule has 1 saturated heterocycles. The Morgan fingerprint density at radius 2 is 1.86 bits per heavy atom. The number of phosphoric ester groups is 1. The lowest BCUT2D eigenvalue weighted by Gasteiger charge is -2.28. The van der Waals surface area contributed by atoms with Crippen molar-refractivity contribution in [1.29, 1.82) is 0 Å². The summed E-state index contributed by atoms with van der Waals surface area (Å²) in [6, 6.07) is 0. The lowest BCUT2D eigenvalue weighted by Crippen LogP contribution is -2.54. The van der Waals surface area contributed by atoms with Gasteiger partial charge in [-0.2, -0.15) is 13.6 Å². The topological polar surface area (TPSA) is 285 Å². The number of ether oxygens (including phenoxy) is 1. The van der Waals surface area contributed by atoms with Gasteiger partial charge in [-0.15, -0.1) is 5.92 Å². The second-order valence-corrected chi connectivity index (χ2v) is 11.6. The molecule has 3 heterocycles. The first-order valence-corrected chi connectivity index (χ1v) is 13.8. The highest BCUT2D eigenvalue weighted by atomic mass is 31.3. The molecular formula is C14H21N6O12P3. The van der Waals surface area contributed by atoms with Gasteiger partial charge in [0.15, 0.2) is 17.4 Å². The summed E-state index contributed by atoms with van der Waals surface area (Å²) in [4.78, 5) is 48.4. The maximum Gasteiger partial charge on any atom is 0.490 e. The molecule has 1 fully saturated rings. The van der Waals surface area contributed by atoms with E-state index < -0.39 is 53.5 Å². The average Bonchev–Trinajstić information content (AvgIpc) is 3.17.